The summed E-state index contributed by atoms with van der Waals surface area (Å²) in [7, 11) is 0. The lowest BCUT2D eigenvalue weighted by Crippen LogP contribution is -2.10. The Kier molecular flexibility index (Phi) is 8.82. The minimum absolute atomic E-state index is 0.251. The number of benzene rings is 9. The number of para-hydroxylation sites is 1. The molecule has 9 aromatic carbocycles. The van der Waals surface area contributed by atoms with Crippen molar-refractivity contribution in [1.29, 1.82) is 0 Å². The molecule has 1 nitrogen and oxygen atoms in total. The SMILES string of the molecule is c1ccc(CC(c2ccc(-c3ccc(-c4ccc(N(c5ccccc5)c5cccc6ccccc56)cc4)cc3)cc2)c2cccc3ccccc23)cc1. The second-order valence-corrected chi connectivity index (χ2v) is 13.7. The summed E-state index contributed by atoms with van der Waals surface area (Å²) in [6.45, 7) is 0. The molecule has 1 heteroatoms. The standard InChI is InChI=1S/C52H39N/c1-3-13-38(14-4-1)37-51(50-23-11-17-43-15-7-9-21-48(43)50)45-31-29-41(30-32-45)39-25-27-40(28-26-39)42-33-35-47(36-34-42)53(46-19-5-2-6-20-46)52-24-12-18-44-16-8-10-22-49(44)52/h1-36,51H,37H2. The molecule has 0 aliphatic rings. The van der Waals surface area contributed by atoms with Gasteiger partial charge in [0.25, 0.3) is 0 Å². The van der Waals surface area contributed by atoms with Crippen LogP contribution in [-0.4, -0.2) is 0 Å². The molecule has 0 fully saturated rings. The highest BCUT2D eigenvalue weighted by molar-refractivity contribution is 5.99. The molecule has 0 amide bonds. The first-order valence-electron chi connectivity index (χ1n) is 18.4. The fraction of sp³-hybridized carbons (Fsp3) is 0.0385. The highest BCUT2D eigenvalue weighted by Gasteiger charge is 2.18. The quantitative estimate of drug-likeness (QED) is 0.147. The second kappa shape index (κ2) is 14.5. The van der Waals surface area contributed by atoms with Crippen molar-refractivity contribution in [2.75, 3.05) is 4.90 Å². The third-order valence-corrected chi connectivity index (χ3v) is 10.5. The molecule has 0 radical (unpaired) electrons. The number of rotatable bonds is 9. The van der Waals surface area contributed by atoms with E-state index in [2.05, 4.69) is 223 Å². The molecule has 1 unspecified atom stereocenters. The van der Waals surface area contributed by atoms with Crippen molar-refractivity contribution in [3.63, 3.8) is 0 Å². The summed E-state index contributed by atoms with van der Waals surface area (Å²) in [4.78, 5) is 2.35. The topological polar surface area (TPSA) is 3.24 Å². The maximum absolute atomic E-state index is 2.35. The zero-order chi connectivity index (χ0) is 35.4. The van der Waals surface area contributed by atoms with Gasteiger partial charge in [0.05, 0.1) is 5.69 Å². The van der Waals surface area contributed by atoms with Crippen molar-refractivity contribution in [3.05, 3.63) is 235 Å². The average molecular weight is 678 g/mol. The first-order chi connectivity index (χ1) is 26.3. The van der Waals surface area contributed by atoms with Gasteiger partial charge in [-0.2, -0.15) is 0 Å². The molecule has 0 aromatic heterocycles. The Bertz CT molecular complexity index is 2600. The fourth-order valence-corrected chi connectivity index (χ4v) is 7.79. The van der Waals surface area contributed by atoms with Crippen LogP contribution in [0.25, 0.3) is 43.8 Å². The van der Waals surface area contributed by atoms with Crippen molar-refractivity contribution >= 4 is 38.6 Å². The van der Waals surface area contributed by atoms with E-state index in [1.54, 1.807) is 0 Å². The summed E-state index contributed by atoms with van der Waals surface area (Å²) in [6, 6.07) is 79.2. The molecule has 252 valence electrons. The van der Waals surface area contributed by atoms with Gasteiger partial charge in [-0.15, -0.1) is 0 Å². The number of hydrogen-bond donors (Lipinski definition) is 0. The van der Waals surface area contributed by atoms with Gasteiger partial charge in [0.2, 0.25) is 0 Å². The Morgan fingerprint density at radius 2 is 0.792 bits per heavy atom. The van der Waals surface area contributed by atoms with Crippen molar-refractivity contribution in [2.45, 2.75) is 12.3 Å². The first-order valence-corrected chi connectivity index (χ1v) is 18.4. The fourth-order valence-electron chi connectivity index (χ4n) is 7.79. The van der Waals surface area contributed by atoms with E-state index in [9.17, 15) is 0 Å². The van der Waals surface area contributed by atoms with Crippen molar-refractivity contribution in [1.82, 2.24) is 0 Å². The van der Waals surface area contributed by atoms with Gasteiger partial charge in [0.15, 0.2) is 0 Å². The predicted molar refractivity (Wildman–Crippen MR) is 225 cm³/mol. The van der Waals surface area contributed by atoms with Crippen LogP contribution in [0.1, 0.15) is 22.6 Å². The van der Waals surface area contributed by atoms with Crippen LogP contribution in [0.4, 0.5) is 17.1 Å². The summed E-state index contributed by atoms with van der Waals surface area (Å²) >= 11 is 0. The normalized spacial score (nSPS) is 11.8. The van der Waals surface area contributed by atoms with Crippen molar-refractivity contribution in [3.8, 4) is 22.3 Å². The number of nitrogens with zero attached hydrogens (tertiary/aromatic N) is 1. The van der Waals surface area contributed by atoms with Crippen LogP contribution in [0, 0.1) is 0 Å². The molecule has 9 rings (SSSR count). The molecule has 1 atom stereocenters. The van der Waals surface area contributed by atoms with Gasteiger partial charge in [-0.3, -0.25) is 0 Å². The summed E-state index contributed by atoms with van der Waals surface area (Å²) in [6.07, 6.45) is 0.951. The van der Waals surface area contributed by atoms with Gasteiger partial charge >= 0.3 is 0 Å². The van der Waals surface area contributed by atoms with Gasteiger partial charge in [-0.05, 0) is 91.9 Å². The smallest absolute Gasteiger partial charge is 0.0540 e. The van der Waals surface area contributed by atoms with E-state index in [1.165, 1.54) is 66.2 Å². The Hall–Kier alpha value is -6.70. The minimum Gasteiger partial charge on any atom is -0.310 e. The highest BCUT2D eigenvalue weighted by atomic mass is 15.1. The molecule has 0 N–H and O–H groups in total. The maximum atomic E-state index is 2.35. The van der Waals surface area contributed by atoms with Crippen LogP contribution in [0.3, 0.4) is 0 Å². The van der Waals surface area contributed by atoms with E-state index in [1.807, 2.05) is 0 Å². The van der Waals surface area contributed by atoms with Crippen LogP contribution in [0.5, 0.6) is 0 Å². The molecular weight excluding hydrogens is 639 g/mol. The summed E-state index contributed by atoms with van der Waals surface area (Å²) in [5.41, 5.74) is 12.3. The Balaban J connectivity index is 0.989. The minimum atomic E-state index is 0.251. The lowest BCUT2D eigenvalue weighted by atomic mass is 9.83. The number of anilines is 3. The Morgan fingerprint density at radius 1 is 0.340 bits per heavy atom. The lowest BCUT2D eigenvalue weighted by molar-refractivity contribution is 0.812. The van der Waals surface area contributed by atoms with Crippen LogP contribution < -0.4 is 4.90 Å². The number of fused-ring (bicyclic) bond motifs is 2. The van der Waals surface area contributed by atoms with Crippen LogP contribution >= 0.6 is 0 Å². The molecule has 0 saturated carbocycles. The Morgan fingerprint density at radius 3 is 1.43 bits per heavy atom. The second-order valence-electron chi connectivity index (χ2n) is 13.7. The summed E-state index contributed by atoms with van der Waals surface area (Å²) < 4.78 is 0. The van der Waals surface area contributed by atoms with Crippen molar-refractivity contribution < 1.29 is 0 Å². The third kappa shape index (κ3) is 6.62. The molecule has 53 heavy (non-hydrogen) atoms. The number of hydrogen-bond acceptors (Lipinski definition) is 1. The molecule has 0 bridgehead atoms. The largest absolute Gasteiger partial charge is 0.310 e. The zero-order valence-electron chi connectivity index (χ0n) is 29.5. The monoisotopic (exact) mass is 677 g/mol. The van der Waals surface area contributed by atoms with Gasteiger partial charge in [-0.25, -0.2) is 0 Å². The molecule has 0 saturated heterocycles. The summed E-state index contributed by atoms with van der Waals surface area (Å²) in [5.74, 6) is 0.251. The van der Waals surface area contributed by atoms with E-state index in [0.717, 1.165) is 17.8 Å². The van der Waals surface area contributed by atoms with E-state index in [4.69, 9.17) is 0 Å². The van der Waals surface area contributed by atoms with Gasteiger partial charge < -0.3 is 4.90 Å². The molecule has 0 heterocycles. The Labute approximate surface area is 312 Å². The predicted octanol–water partition coefficient (Wildman–Crippen LogP) is 14.2. The van der Waals surface area contributed by atoms with Gasteiger partial charge in [0.1, 0.15) is 0 Å². The third-order valence-electron chi connectivity index (χ3n) is 10.5. The van der Waals surface area contributed by atoms with E-state index in [0.29, 0.717) is 0 Å². The molecular formula is C52H39N. The van der Waals surface area contributed by atoms with Crippen LogP contribution in [0.15, 0.2) is 218 Å². The van der Waals surface area contributed by atoms with Gasteiger partial charge in [0, 0.05) is 22.7 Å². The van der Waals surface area contributed by atoms with E-state index < -0.39 is 0 Å². The molecule has 9 aromatic rings. The average Bonchev–Trinajstić information content (AvgIpc) is 3.24. The van der Waals surface area contributed by atoms with E-state index >= 15 is 0 Å². The maximum Gasteiger partial charge on any atom is 0.0540 e. The van der Waals surface area contributed by atoms with Crippen molar-refractivity contribution in [2.24, 2.45) is 0 Å². The highest BCUT2D eigenvalue weighted by Crippen LogP contribution is 2.40. The zero-order valence-corrected chi connectivity index (χ0v) is 29.5. The molecule has 0 aliphatic carbocycles. The molecule has 0 aliphatic heterocycles. The first kappa shape index (κ1) is 32.2. The van der Waals surface area contributed by atoms with Gasteiger partial charge in [-0.1, -0.05) is 188 Å². The lowest BCUT2D eigenvalue weighted by Gasteiger charge is -2.27. The summed E-state index contributed by atoms with van der Waals surface area (Å²) in [5, 5.41) is 5.07. The van der Waals surface area contributed by atoms with Crippen LogP contribution in [0.2, 0.25) is 0 Å². The van der Waals surface area contributed by atoms with Crippen LogP contribution in [-0.2, 0) is 6.42 Å². The molecule has 0 spiro atoms. The van der Waals surface area contributed by atoms with E-state index in [-0.39, 0.29) is 5.92 Å².